The number of piperidine rings is 1. The predicted octanol–water partition coefficient (Wildman–Crippen LogP) is 2.22. The molecule has 20 heavy (non-hydrogen) atoms. The maximum absolute atomic E-state index is 5.95. The van der Waals surface area contributed by atoms with E-state index in [1.54, 1.807) is 0 Å². The molecule has 1 aromatic carbocycles. The number of para-hydroxylation sites is 1. The van der Waals surface area contributed by atoms with Crippen LogP contribution >= 0.6 is 12.4 Å². The second kappa shape index (κ2) is 6.88. The van der Waals surface area contributed by atoms with Gasteiger partial charge in [-0.15, -0.1) is 12.4 Å². The fourth-order valence-electron chi connectivity index (χ4n) is 2.59. The fourth-order valence-corrected chi connectivity index (χ4v) is 2.59. The molecule has 0 amide bonds. The molecule has 0 bridgehead atoms. The number of likely N-dealkylation sites (tertiary alicyclic amines) is 1. The number of nitrogens with two attached hydrogens (primary N) is 1. The van der Waals surface area contributed by atoms with Crippen molar-refractivity contribution in [3.05, 3.63) is 48.3 Å². The molecule has 1 fully saturated rings. The van der Waals surface area contributed by atoms with Gasteiger partial charge in [0.25, 0.3) is 0 Å². The summed E-state index contributed by atoms with van der Waals surface area (Å²) in [4.78, 5) is 2.46. The Morgan fingerprint density at radius 1 is 1.10 bits per heavy atom. The Labute approximate surface area is 126 Å². The molecule has 1 aliphatic rings. The Kier molecular flexibility index (Phi) is 5.17. The third-order valence-corrected chi connectivity index (χ3v) is 3.74. The van der Waals surface area contributed by atoms with Crippen molar-refractivity contribution in [1.29, 1.82) is 0 Å². The van der Waals surface area contributed by atoms with E-state index in [0.717, 1.165) is 38.2 Å². The summed E-state index contributed by atoms with van der Waals surface area (Å²) in [5.74, 6) is 0. The number of aromatic nitrogens is 2. The molecule has 3 rings (SSSR count). The highest BCUT2D eigenvalue weighted by atomic mass is 35.5. The molecule has 4 nitrogen and oxygen atoms in total. The zero-order valence-corrected chi connectivity index (χ0v) is 12.3. The van der Waals surface area contributed by atoms with Crippen molar-refractivity contribution in [2.24, 2.45) is 5.73 Å². The van der Waals surface area contributed by atoms with Crippen LogP contribution in [0.15, 0.2) is 42.6 Å². The van der Waals surface area contributed by atoms with Gasteiger partial charge in [-0.2, -0.15) is 5.10 Å². The van der Waals surface area contributed by atoms with Gasteiger partial charge >= 0.3 is 0 Å². The number of nitrogens with zero attached hydrogens (tertiary/aromatic N) is 3. The molecular weight excluding hydrogens is 272 g/mol. The van der Waals surface area contributed by atoms with Crippen LogP contribution in [-0.2, 0) is 6.54 Å². The monoisotopic (exact) mass is 292 g/mol. The largest absolute Gasteiger partial charge is 0.328 e. The van der Waals surface area contributed by atoms with Crippen molar-refractivity contribution in [2.45, 2.75) is 25.4 Å². The Morgan fingerprint density at radius 2 is 1.80 bits per heavy atom. The lowest BCUT2D eigenvalue weighted by Gasteiger charge is -2.30. The molecule has 0 unspecified atom stereocenters. The smallest absolute Gasteiger partial charge is 0.0649 e. The van der Waals surface area contributed by atoms with Crippen molar-refractivity contribution in [1.82, 2.24) is 14.7 Å². The molecule has 108 valence electrons. The van der Waals surface area contributed by atoms with Gasteiger partial charge in [0.2, 0.25) is 0 Å². The average Bonchev–Trinajstić information content (AvgIpc) is 2.90. The summed E-state index contributed by atoms with van der Waals surface area (Å²) in [5.41, 5.74) is 8.31. The lowest BCUT2D eigenvalue weighted by molar-refractivity contribution is 0.202. The van der Waals surface area contributed by atoms with E-state index in [9.17, 15) is 0 Å². The van der Waals surface area contributed by atoms with Gasteiger partial charge in [-0.05, 0) is 31.0 Å². The van der Waals surface area contributed by atoms with E-state index in [0.29, 0.717) is 6.04 Å². The van der Waals surface area contributed by atoms with Gasteiger partial charge in [0.15, 0.2) is 0 Å². The second-order valence-electron chi connectivity index (χ2n) is 5.18. The zero-order valence-electron chi connectivity index (χ0n) is 11.5. The highest BCUT2D eigenvalue weighted by Crippen LogP contribution is 2.15. The molecule has 0 aliphatic carbocycles. The highest BCUT2D eigenvalue weighted by molar-refractivity contribution is 5.85. The van der Waals surface area contributed by atoms with Crippen LogP contribution in [0.1, 0.15) is 18.5 Å². The van der Waals surface area contributed by atoms with Crippen molar-refractivity contribution in [2.75, 3.05) is 13.1 Å². The maximum atomic E-state index is 5.95. The molecule has 1 aliphatic heterocycles. The number of hydrogen-bond acceptors (Lipinski definition) is 3. The van der Waals surface area contributed by atoms with E-state index >= 15 is 0 Å². The molecule has 0 atom stereocenters. The first-order chi connectivity index (χ1) is 9.33. The second-order valence-corrected chi connectivity index (χ2v) is 5.18. The molecule has 1 saturated heterocycles. The first-order valence-corrected chi connectivity index (χ1v) is 6.89. The van der Waals surface area contributed by atoms with Crippen molar-refractivity contribution >= 4 is 12.4 Å². The van der Waals surface area contributed by atoms with Gasteiger partial charge in [0.05, 0.1) is 11.4 Å². The SMILES string of the molecule is Cl.NC1CCN(Cc2ccnn2-c2ccccc2)CC1. The molecule has 2 N–H and O–H groups in total. The molecule has 0 spiro atoms. The van der Waals surface area contributed by atoms with E-state index in [2.05, 4.69) is 28.2 Å². The summed E-state index contributed by atoms with van der Waals surface area (Å²) in [6.07, 6.45) is 4.07. The molecule has 0 radical (unpaired) electrons. The summed E-state index contributed by atoms with van der Waals surface area (Å²) in [5, 5.41) is 4.43. The molecule has 1 aromatic heterocycles. The van der Waals surface area contributed by atoms with Crippen LogP contribution in [0.25, 0.3) is 5.69 Å². The highest BCUT2D eigenvalue weighted by Gasteiger charge is 2.17. The van der Waals surface area contributed by atoms with Crippen LogP contribution in [0.3, 0.4) is 0 Å². The molecule has 0 saturated carbocycles. The summed E-state index contributed by atoms with van der Waals surface area (Å²) < 4.78 is 2.02. The van der Waals surface area contributed by atoms with Crippen molar-refractivity contribution in [3.8, 4) is 5.69 Å². The Hall–Kier alpha value is -1.36. The van der Waals surface area contributed by atoms with E-state index in [-0.39, 0.29) is 12.4 Å². The van der Waals surface area contributed by atoms with Gasteiger partial charge in [-0.3, -0.25) is 4.90 Å². The van der Waals surface area contributed by atoms with E-state index < -0.39 is 0 Å². The van der Waals surface area contributed by atoms with Crippen LogP contribution in [0.2, 0.25) is 0 Å². The third kappa shape index (κ3) is 3.39. The molecule has 2 aromatic rings. The predicted molar refractivity (Wildman–Crippen MR) is 83.3 cm³/mol. The van der Waals surface area contributed by atoms with E-state index in [4.69, 9.17) is 5.73 Å². The van der Waals surface area contributed by atoms with Gasteiger partial charge in [0.1, 0.15) is 0 Å². The topological polar surface area (TPSA) is 47.1 Å². The van der Waals surface area contributed by atoms with Crippen LogP contribution < -0.4 is 5.73 Å². The van der Waals surface area contributed by atoms with Gasteiger partial charge in [-0.1, -0.05) is 18.2 Å². The van der Waals surface area contributed by atoms with Gasteiger partial charge < -0.3 is 5.73 Å². The van der Waals surface area contributed by atoms with E-state index in [1.165, 1.54) is 5.69 Å². The number of rotatable bonds is 3. The summed E-state index contributed by atoms with van der Waals surface area (Å²) >= 11 is 0. The van der Waals surface area contributed by atoms with Crippen LogP contribution in [-0.4, -0.2) is 33.8 Å². The third-order valence-electron chi connectivity index (χ3n) is 3.74. The Balaban J connectivity index is 0.00000147. The number of halogens is 1. The lowest BCUT2D eigenvalue weighted by atomic mass is 10.1. The summed E-state index contributed by atoms with van der Waals surface area (Å²) in [6, 6.07) is 12.8. The van der Waals surface area contributed by atoms with Crippen molar-refractivity contribution in [3.63, 3.8) is 0 Å². The normalized spacial score (nSPS) is 16.9. The van der Waals surface area contributed by atoms with Crippen molar-refractivity contribution < 1.29 is 0 Å². The first-order valence-electron chi connectivity index (χ1n) is 6.89. The van der Waals surface area contributed by atoms with Crippen LogP contribution in [0.4, 0.5) is 0 Å². The van der Waals surface area contributed by atoms with Gasteiger partial charge in [-0.25, -0.2) is 4.68 Å². The quantitative estimate of drug-likeness (QED) is 0.943. The van der Waals surface area contributed by atoms with Crippen LogP contribution in [0, 0.1) is 0 Å². The minimum Gasteiger partial charge on any atom is -0.328 e. The Morgan fingerprint density at radius 3 is 2.50 bits per heavy atom. The summed E-state index contributed by atoms with van der Waals surface area (Å²) in [7, 11) is 0. The number of hydrogen-bond donors (Lipinski definition) is 1. The molecular formula is C15H21ClN4. The maximum Gasteiger partial charge on any atom is 0.0649 e. The standard InChI is InChI=1S/C15H20N4.ClH/c16-13-7-10-18(11-8-13)12-15-6-9-17-19(15)14-4-2-1-3-5-14;/h1-6,9,13H,7-8,10-12,16H2;1H. The minimum absolute atomic E-state index is 0. The molecule has 5 heteroatoms. The fraction of sp³-hybridized carbons (Fsp3) is 0.400. The van der Waals surface area contributed by atoms with E-state index in [1.807, 2.05) is 29.1 Å². The Bertz CT molecular complexity index is 518. The average molecular weight is 293 g/mol. The minimum atomic E-state index is 0. The zero-order chi connectivity index (χ0) is 13.1. The summed E-state index contributed by atoms with van der Waals surface area (Å²) in [6.45, 7) is 3.11. The van der Waals surface area contributed by atoms with Gasteiger partial charge in [0, 0.05) is 31.9 Å². The lowest BCUT2D eigenvalue weighted by Crippen LogP contribution is -2.39. The molecule has 2 heterocycles. The number of benzene rings is 1. The van der Waals surface area contributed by atoms with Crippen LogP contribution in [0.5, 0.6) is 0 Å². The first kappa shape index (κ1) is 15.0.